The molecule has 0 fully saturated rings. The summed E-state index contributed by atoms with van der Waals surface area (Å²) in [6.07, 6.45) is 0. The van der Waals surface area contributed by atoms with Gasteiger partial charge in [0.2, 0.25) is 10.0 Å². The van der Waals surface area contributed by atoms with Crippen molar-refractivity contribution in [2.45, 2.75) is 24.3 Å². The van der Waals surface area contributed by atoms with Crippen LogP contribution in [-0.4, -0.2) is 21.6 Å². The maximum Gasteiger partial charge on any atom is 0.241 e. The van der Waals surface area contributed by atoms with Gasteiger partial charge in [0.15, 0.2) is 0 Å². The summed E-state index contributed by atoms with van der Waals surface area (Å²) in [7, 11) is -3.92. The first-order valence-corrected chi connectivity index (χ1v) is 13.1. The van der Waals surface area contributed by atoms with Gasteiger partial charge in [-0.1, -0.05) is 72.8 Å². The Kier molecular flexibility index (Phi) is 7.54. The molecule has 0 saturated heterocycles. The summed E-state index contributed by atoms with van der Waals surface area (Å²) in [6.45, 7) is 4.94. The lowest BCUT2D eigenvalue weighted by molar-refractivity contribution is 0.340. The first-order valence-electron chi connectivity index (χ1n) is 11.6. The molecule has 0 saturated carbocycles. The number of hydrogen-bond acceptors (Lipinski definition) is 4. The molecule has 5 nitrogen and oxygen atoms in total. The summed E-state index contributed by atoms with van der Waals surface area (Å²) in [5.41, 5.74) is 1.10. The Morgan fingerprint density at radius 2 is 1.00 bits per heavy atom. The molecule has 0 aliphatic heterocycles. The maximum atomic E-state index is 13.7. The fraction of sp³-hybridized carbons (Fsp3) is 0.172. The van der Waals surface area contributed by atoms with Crippen LogP contribution in [0.5, 0.6) is 11.5 Å². The molecule has 6 heteroatoms. The number of sulfonamides is 1. The molecule has 0 unspecified atom stereocenters. The van der Waals surface area contributed by atoms with Gasteiger partial charge in [0.05, 0.1) is 18.1 Å². The number of ether oxygens (including phenoxy) is 2. The van der Waals surface area contributed by atoms with Crippen LogP contribution in [0.25, 0.3) is 0 Å². The SMILES string of the molecule is CCOc1ccc(C(NS(=O)(=O)c2ccccc2)(c2ccccc2)c2ccc(OCC)cc2)cc1. The molecule has 0 bridgehead atoms. The van der Waals surface area contributed by atoms with Crippen molar-refractivity contribution in [2.75, 3.05) is 13.2 Å². The highest BCUT2D eigenvalue weighted by molar-refractivity contribution is 7.89. The van der Waals surface area contributed by atoms with Crippen LogP contribution >= 0.6 is 0 Å². The number of hydrogen-bond donors (Lipinski definition) is 1. The van der Waals surface area contributed by atoms with Gasteiger partial charge in [-0.05, 0) is 66.9 Å². The Hall–Kier alpha value is -3.61. The van der Waals surface area contributed by atoms with Crippen LogP contribution in [0.2, 0.25) is 0 Å². The van der Waals surface area contributed by atoms with E-state index in [1.165, 1.54) is 0 Å². The molecule has 35 heavy (non-hydrogen) atoms. The van der Waals surface area contributed by atoms with Gasteiger partial charge in [-0.2, -0.15) is 4.72 Å². The fourth-order valence-electron chi connectivity index (χ4n) is 4.16. The van der Waals surface area contributed by atoms with E-state index >= 15 is 0 Å². The zero-order valence-corrected chi connectivity index (χ0v) is 20.7. The van der Waals surface area contributed by atoms with E-state index in [2.05, 4.69) is 4.72 Å². The van der Waals surface area contributed by atoms with Gasteiger partial charge in [0.25, 0.3) is 0 Å². The quantitative estimate of drug-likeness (QED) is 0.289. The molecule has 0 spiro atoms. The second kappa shape index (κ2) is 10.8. The van der Waals surface area contributed by atoms with E-state index in [0.29, 0.717) is 13.2 Å². The summed E-state index contributed by atoms with van der Waals surface area (Å²) < 4.78 is 41.8. The van der Waals surface area contributed by atoms with Gasteiger partial charge < -0.3 is 9.47 Å². The van der Waals surface area contributed by atoms with Crippen LogP contribution in [0.15, 0.2) is 114 Å². The Labute approximate surface area is 207 Å². The van der Waals surface area contributed by atoms with Gasteiger partial charge in [-0.3, -0.25) is 0 Å². The average Bonchev–Trinajstić information content (AvgIpc) is 2.90. The average molecular weight is 488 g/mol. The van der Waals surface area contributed by atoms with Gasteiger partial charge in [-0.25, -0.2) is 8.42 Å². The Bertz CT molecular complexity index is 1270. The normalized spacial score (nSPS) is 11.7. The van der Waals surface area contributed by atoms with E-state index in [1.807, 2.05) is 92.7 Å². The minimum absolute atomic E-state index is 0.192. The van der Waals surface area contributed by atoms with Crippen LogP contribution in [0.1, 0.15) is 30.5 Å². The van der Waals surface area contributed by atoms with Crippen molar-refractivity contribution >= 4 is 10.0 Å². The van der Waals surface area contributed by atoms with E-state index in [4.69, 9.17) is 9.47 Å². The van der Waals surface area contributed by atoms with Crippen LogP contribution in [0.3, 0.4) is 0 Å². The molecule has 0 aromatic heterocycles. The van der Waals surface area contributed by atoms with E-state index in [9.17, 15) is 8.42 Å². The summed E-state index contributed by atoms with van der Waals surface area (Å²) in [4.78, 5) is 0.192. The molecule has 0 aliphatic rings. The predicted molar refractivity (Wildman–Crippen MR) is 138 cm³/mol. The lowest BCUT2D eigenvalue weighted by Gasteiger charge is -2.36. The van der Waals surface area contributed by atoms with E-state index < -0.39 is 15.6 Å². The third-order valence-electron chi connectivity index (χ3n) is 5.74. The second-order valence-electron chi connectivity index (χ2n) is 7.95. The molecule has 0 aliphatic carbocycles. The summed E-state index contributed by atoms with van der Waals surface area (Å²) in [5.74, 6) is 1.44. The molecule has 4 rings (SSSR count). The van der Waals surface area contributed by atoms with Gasteiger partial charge in [0.1, 0.15) is 17.0 Å². The topological polar surface area (TPSA) is 64.6 Å². The summed E-state index contributed by atoms with van der Waals surface area (Å²) in [6, 6.07) is 33.1. The van der Waals surface area contributed by atoms with Crippen molar-refractivity contribution in [2.24, 2.45) is 0 Å². The molecule has 0 heterocycles. The monoisotopic (exact) mass is 487 g/mol. The second-order valence-corrected chi connectivity index (χ2v) is 9.63. The van der Waals surface area contributed by atoms with Crippen LogP contribution in [-0.2, 0) is 15.6 Å². The number of nitrogens with one attached hydrogen (secondary N) is 1. The van der Waals surface area contributed by atoms with E-state index in [1.54, 1.807) is 30.3 Å². The highest BCUT2D eigenvalue weighted by Crippen LogP contribution is 2.39. The predicted octanol–water partition coefficient (Wildman–Crippen LogP) is 5.75. The third-order valence-corrected chi connectivity index (χ3v) is 7.21. The van der Waals surface area contributed by atoms with Gasteiger partial charge in [0, 0.05) is 0 Å². The molecular formula is C29H29NO4S. The zero-order valence-electron chi connectivity index (χ0n) is 19.8. The molecule has 4 aromatic carbocycles. The Morgan fingerprint density at radius 1 is 0.600 bits per heavy atom. The van der Waals surface area contributed by atoms with Crippen molar-refractivity contribution in [3.63, 3.8) is 0 Å². The standard InChI is InChI=1S/C29H29NO4S/c1-3-33-26-19-15-24(16-20-26)29(23-11-7-5-8-12-23,25-17-21-27(22-18-25)34-4-2)30-35(31,32)28-13-9-6-10-14-28/h5-22,30H,3-4H2,1-2H3. The Morgan fingerprint density at radius 3 is 1.43 bits per heavy atom. The summed E-state index contributed by atoms with van der Waals surface area (Å²) in [5, 5.41) is 0. The van der Waals surface area contributed by atoms with E-state index in [-0.39, 0.29) is 4.90 Å². The maximum absolute atomic E-state index is 13.7. The molecule has 0 atom stereocenters. The molecule has 1 N–H and O–H groups in total. The van der Waals surface area contributed by atoms with Crippen molar-refractivity contribution in [3.8, 4) is 11.5 Å². The largest absolute Gasteiger partial charge is 0.494 e. The number of rotatable bonds is 10. The first kappa shape index (κ1) is 24.5. The smallest absolute Gasteiger partial charge is 0.241 e. The Balaban J connectivity index is 1.97. The number of benzene rings is 4. The van der Waals surface area contributed by atoms with Crippen molar-refractivity contribution in [1.82, 2.24) is 4.72 Å². The highest BCUT2D eigenvalue weighted by Gasteiger charge is 2.40. The lowest BCUT2D eigenvalue weighted by Crippen LogP contribution is -2.47. The zero-order chi connectivity index (χ0) is 24.7. The molecular weight excluding hydrogens is 458 g/mol. The van der Waals surface area contributed by atoms with Gasteiger partial charge in [-0.15, -0.1) is 0 Å². The van der Waals surface area contributed by atoms with Crippen LogP contribution in [0.4, 0.5) is 0 Å². The minimum Gasteiger partial charge on any atom is -0.494 e. The van der Waals surface area contributed by atoms with Crippen molar-refractivity contribution in [3.05, 3.63) is 126 Å². The van der Waals surface area contributed by atoms with Crippen LogP contribution < -0.4 is 14.2 Å². The van der Waals surface area contributed by atoms with Crippen molar-refractivity contribution in [1.29, 1.82) is 0 Å². The van der Waals surface area contributed by atoms with Crippen molar-refractivity contribution < 1.29 is 17.9 Å². The molecule has 180 valence electrons. The summed E-state index contributed by atoms with van der Waals surface area (Å²) >= 11 is 0. The first-order chi connectivity index (χ1) is 17.0. The minimum atomic E-state index is -3.92. The molecule has 0 amide bonds. The van der Waals surface area contributed by atoms with E-state index in [0.717, 1.165) is 28.2 Å². The molecule has 4 aromatic rings. The fourth-order valence-corrected chi connectivity index (χ4v) is 5.55. The highest BCUT2D eigenvalue weighted by atomic mass is 32.2. The lowest BCUT2D eigenvalue weighted by atomic mass is 9.78. The molecule has 0 radical (unpaired) electrons. The third kappa shape index (κ3) is 5.24. The van der Waals surface area contributed by atoms with Crippen LogP contribution in [0, 0.1) is 0 Å². The van der Waals surface area contributed by atoms with Gasteiger partial charge >= 0.3 is 0 Å².